The molecule has 0 atom stereocenters. The number of nitrogens with one attached hydrogen (secondary N) is 3. The van der Waals surface area contributed by atoms with E-state index in [0.29, 0.717) is 17.8 Å². The van der Waals surface area contributed by atoms with Gasteiger partial charge in [0, 0.05) is 72.7 Å². The number of carbonyl (C=O) groups is 1. The molecule has 4 aromatic heterocycles. The number of carbonyl (C=O) groups excluding carboxylic acids is 1. The maximum absolute atomic E-state index is 11.2. The van der Waals surface area contributed by atoms with Crippen LogP contribution in [0.3, 0.4) is 0 Å². The highest BCUT2D eigenvalue weighted by atomic mass is 16.1. The molecule has 0 radical (unpaired) electrons. The van der Waals surface area contributed by atoms with Crippen molar-refractivity contribution in [2.45, 2.75) is 44.7 Å². The van der Waals surface area contributed by atoms with Gasteiger partial charge in [0.2, 0.25) is 17.6 Å². The fourth-order valence-corrected chi connectivity index (χ4v) is 4.02. The SMILES string of the molecule is CC(=O)NC1CCC(Nc2ncc3c(-c4cnc5nccn5c4)c[nH]c3n2)CC1. The van der Waals surface area contributed by atoms with Gasteiger partial charge in [-0.05, 0) is 25.7 Å². The van der Waals surface area contributed by atoms with Crippen molar-refractivity contribution in [1.82, 2.24) is 34.6 Å². The molecule has 1 fully saturated rings. The molecule has 3 N–H and O–H groups in total. The Balaban J connectivity index is 1.32. The predicted molar refractivity (Wildman–Crippen MR) is 109 cm³/mol. The number of hydrogen-bond donors (Lipinski definition) is 3. The molecule has 0 saturated heterocycles. The van der Waals surface area contributed by atoms with Crippen molar-refractivity contribution in [2.75, 3.05) is 5.32 Å². The Morgan fingerprint density at radius 1 is 1.14 bits per heavy atom. The lowest BCUT2D eigenvalue weighted by Crippen LogP contribution is -2.39. The molecule has 0 aliphatic heterocycles. The summed E-state index contributed by atoms with van der Waals surface area (Å²) in [5.74, 6) is 1.33. The van der Waals surface area contributed by atoms with Gasteiger partial charge in [-0.1, -0.05) is 0 Å². The number of aromatic nitrogens is 6. The average Bonchev–Trinajstić information content (AvgIpc) is 3.35. The zero-order valence-corrected chi connectivity index (χ0v) is 16.1. The van der Waals surface area contributed by atoms with Crippen LogP contribution in [0.15, 0.2) is 37.2 Å². The second-order valence-corrected chi connectivity index (χ2v) is 7.53. The molecule has 0 spiro atoms. The summed E-state index contributed by atoms with van der Waals surface area (Å²) in [4.78, 5) is 32.2. The first-order chi connectivity index (χ1) is 14.2. The fraction of sp³-hybridized carbons (Fsp3) is 0.350. The zero-order valence-electron chi connectivity index (χ0n) is 16.1. The van der Waals surface area contributed by atoms with Gasteiger partial charge < -0.3 is 15.6 Å². The first-order valence-electron chi connectivity index (χ1n) is 9.82. The van der Waals surface area contributed by atoms with Crippen LogP contribution in [0.2, 0.25) is 0 Å². The second kappa shape index (κ2) is 7.16. The highest BCUT2D eigenvalue weighted by molar-refractivity contribution is 5.93. The predicted octanol–water partition coefficient (Wildman–Crippen LogP) is 2.53. The van der Waals surface area contributed by atoms with E-state index in [1.54, 1.807) is 13.1 Å². The van der Waals surface area contributed by atoms with E-state index in [-0.39, 0.29) is 11.9 Å². The van der Waals surface area contributed by atoms with Crippen molar-refractivity contribution in [1.29, 1.82) is 0 Å². The number of imidazole rings is 1. The number of fused-ring (bicyclic) bond motifs is 2. The van der Waals surface area contributed by atoms with Gasteiger partial charge in [-0.2, -0.15) is 4.98 Å². The average molecular weight is 390 g/mol. The van der Waals surface area contributed by atoms with Crippen LogP contribution in [-0.2, 0) is 4.79 Å². The van der Waals surface area contributed by atoms with Crippen LogP contribution in [0, 0.1) is 0 Å². The Labute approximate surface area is 167 Å². The smallest absolute Gasteiger partial charge is 0.233 e. The summed E-state index contributed by atoms with van der Waals surface area (Å²) in [6.45, 7) is 1.57. The largest absolute Gasteiger partial charge is 0.354 e. The number of hydrogen-bond acceptors (Lipinski definition) is 6. The molecule has 1 aliphatic carbocycles. The Morgan fingerprint density at radius 2 is 1.97 bits per heavy atom. The van der Waals surface area contributed by atoms with Gasteiger partial charge in [-0.3, -0.25) is 9.20 Å². The van der Waals surface area contributed by atoms with Gasteiger partial charge in [0.15, 0.2) is 0 Å². The molecule has 9 nitrogen and oxygen atoms in total. The summed E-state index contributed by atoms with van der Waals surface area (Å²) in [5.41, 5.74) is 2.77. The number of anilines is 1. The molecule has 0 aromatic carbocycles. The van der Waals surface area contributed by atoms with Crippen molar-refractivity contribution in [3.05, 3.63) is 37.2 Å². The molecule has 1 amide bonds. The van der Waals surface area contributed by atoms with Gasteiger partial charge in [-0.25, -0.2) is 15.0 Å². The van der Waals surface area contributed by atoms with Crippen LogP contribution in [0.5, 0.6) is 0 Å². The van der Waals surface area contributed by atoms with Crippen molar-refractivity contribution >= 4 is 28.7 Å². The lowest BCUT2D eigenvalue weighted by molar-refractivity contribution is -0.119. The number of H-pyrrole nitrogens is 1. The Hall–Kier alpha value is -3.49. The second-order valence-electron chi connectivity index (χ2n) is 7.53. The summed E-state index contributed by atoms with van der Waals surface area (Å²) < 4.78 is 1.89. The Bertz CT molecular complexity index is 1170. The van der Waals surface area contributed by atoms with Crippen molar-refractivity contribution in [2.24, 2.45) is 0 Å². The lowest BCUT2D eigenvalue weighted by Gasteiger charge is -2.29. The summed E-state index contributed by atoms with van der Waals surface area (Å²) in [6, 6.07) is 0.598. The Kier molecular flexibility index (Phi) is 4.34. The van der Waals surface area contributed by atoms with Gasteiger partial charge in [0.1, 0.15) is 5.65 Å². The summed E-state index contributed by atoms with van der Waals surface area (Å²) in [5, 5.41) is 7.39. The summed E-state index contributed by atoms with van der Waals surface area (Å²) in [6.07, 6.45) is 15.1. The first kappa shape index (κ1) is 17.6. The molecule has 5 rings (SSSR count). The molecule has 4 aromatic rings. The summed E-state index contributed by atoms with van der Waals surface area (Å²) >= 11 is 0. The normalized spacial score (nSPS) is 19.5. The van der Waals surface area contributed by atoms with Crippen LogP contribution >= 0.6 is 0 Å². The van der Waals surface area contributed by atoms with Crippen molar-refractivity contribution in [3.8, 4) is 11.1 Å². The third-order valence-corrected chi connectivity index (χ3v) is 5.46. The highest BCUT2D eigenvalue weighted by Gasteiger charge is 2.22. The molecule has 4 heterocycles. The molecular formula is C20H22N8O. The number of nitrogens with zero attached hydrogens (tertiary/aromatic N) is 5. The molecule has 1 saturated carbocycles. The molecule has 1 aliphatic rings. The summed E-state index contributed by atoms with van der Waals surface area (Å²) in [7, 11) is 0. The van der Waals surface area contributed by atoms with Crippen LogP contribution in [-0.4, -0.2) is 47.3 Å². The first-order valence-corrected chi connectivity index (χ1v) is 9.82. The van der Waals surface area contributed by atoms with E-state index in [1.807, 2.05) is 35.4 Å². The molecular weight excluding hydrogens is 368 g/mol. The highest BCUT2D eigenvalue weighted by Crippen LogP contribution is 2.28. The van der Waals surface area contributed by atoms with E-state index in [0.717, 1.165) is 47.8 Å². The minimum absolute atomic E-state index is 0.0418. The van der Waals surface area contributed by atoms with Crippen LogP contribution in [0.4, 0.5) is 5.95 Å². The van der Waals surface area contributed by atoms with Crippen molar-refractivity contribution in [3.63, 3.8) is 0 Å². The molecule has 29 heavy (non-hydrogen) atoms. The number of rotatable bonds is 4. The quantitative estimate of drug-likeness (QED) is 0.494. The standard InChI is InChI=1S/C20H22N8O/c1-12(29)25-14-2-4-15(5-3-14)26-19-23-10-17-16(9-22-18(17)27-19)13-8-24-20-21-6-7-28(20)11-13/h6-11,14-15H,2-5H2,1H3,(H,25,29)(H2,22,23,26,27). The monoisotopic (exact) mass is 390 g/mol. The lowest BCUT2D eigenvalue weighted by atomic mass is 9.91. The fourth-order valence-electron chi connectivity index (χ4n) is 4.02. The van der Waals surface area contributed by atoms with Crippen LogP contribution in [0.25, 0.3) is 27.9 Å². The van der Waals surface area contributed by atoms with E-state index < -0.39 is 0 Å². The third-order valence-electron chi connectivity index (χ3n) is 5.46. The zero-order chi connectivity index (χ0) is 19.8. The minimum atomic E-state index is 0.0418. The van der Waals surface area contributed by atoms with E-state index in [2.05, 4.69) is 35.6 Å². The van der Waals surface area contributed by atoms with E-state index in [9.17, 15) is 4.79 Å². The van der Waals surface area contributed by atoms with E-state index in [1.165, 1.54) is 0 Å². The third kappa shape index (κ3) is 3.51. The molecule has 0 bridgehead atoms. The topological polar surface area (TPSA) is 113 Å². The number of aromatic amines is 1. The molecule has 148 valence electrons. The molecule has 9 heteroatoms. The van der Waals surface area contributed by atoms with Gasteiger partial charge in [0.25, 0.3) is 0 Å². The van der Waals surface area contributed by atoms with Gasteiger partial charge in [-0.15, -0.1) is 0 Å². The molecule has 0 unspecified atom stereocenters. The minimum Gasteiger partial charge on any atom is -0.354 e. The van der Waals surface area contributed by atoms with Crippen molar-refractivity contribution < 1.29 is 4.79 Å². The maximum Gasteiger partial charge on any atom is 0.233 e. The van der Waals surface area contributed by atoms with Gasteiger partial charge >= 0.3 is 0 Å². The Morgan fingerprint density at radius 3 is 2.79 bits per heavy atom. The van der Waals surface area contributed by atoms with E-state index >= 15 is 0 Å². The van der Waals surface area contributed by atoms with Gasteiger partial charge in [0.05, 0.1) is 0 Å². The van der Waals surface area contributed by atoms with Crippen LogP contribution < -0.4 is 10.6 Å². The number of amides is 1. The van der Waals surface area contributed by atoms with Crippen LogP contribution in [0.1, 0.15) is 32.6 Å². The van der Waals surface area contributed by atoms with E-state index in [4.69, 9.17) is 0 Å². The maximum atomic E-state index is 11.2.